The molecule has 0 bridgehead atoms. The number of hydrogen-bond donors (Lipinski definition) is 1. The van der Waals surface area contributed by atoms with Gasteiger partial charge in [0.25, 0.3) is 0 Å². The number of hydrogen-bond acceptors (Lipinski definition) is 4. The van der Waals surface area contributed by atoms with Crippen LogP contribution in [-0.2, 0) is 16.4 Å². The zero-order valence-electron chi connectivity index (χ0n) is 10.6. The molecule has 1 aromatic carbocycles. The first kappa shape index (κ1) is 14.0. The maximum absolute atomic E-state index is 10.9. The fourth-order valence-corrected chi connectivity index (χ4v) is 1.92. The summed E-state index contributed by atoms with van der Waals surface area (Å²) in [6.45, 7) is 1.19. The SMILES string of the molecule is CN(C)c1ccc(CNCCS(C)(=O)=O)cc1. The number of anilines is 1. The fourth-order valence-electron chi connectivity index (χ4n) is 1.40. The van der Waals surface area contributed by atoms with E-state index in [0.717, 1.165) is 11.3 Å². The van der Waals surface area contributed by atoms with Gasteiger partial charge in [0.15, 0.2) is 0 Å². The van der Waals surface area contributed by atoms with Gasteiger partial charge in [0, 0.05) is 39.1 Å². The minimum atomic E-state index is -2.87. The summed E-state index contributed by atoms with van der Waals surface area (Å²) >= 11 is 0. The summed E-state index contributed by atoms with van der Waals surface area (Å²) in [5, 5.41) is 3.11. The molecule has 1 rings (SSSR count). The predicted octanol–water partition coefficient (Wildman–Crippen LogP) is 0.887. The third-order valence-corrected chi connectivity index (χ3v) is 3.38. The monoisotopic (exact) mass is 256 g/mol. The van der Waals surface area contributed by atoms with E-state index < -0.39 is 9.84 Å². The van der Waals surface area contributed by atoms with Crippen molar-refractivity contribution < 1.29 is 8.42 Å². The molecule has 0 aliphatic carbocycles. The van der Waals surface area contributed by atoms with Crippen LogP contribution in [0.4, 0.5) is 5.69 Å². The van der Waals surface area contributed by atoms with Gasteiger partial charge in [0.2, 0.25) is 0 Å². The first-order valence-corrected chi connectivity index (χ1v) is 7.59. The van der Waals surface area contributed by atoms with Crippen LogP contribution in [0.15, 0.2) is 24.3 Å². The number of nitrogens with zero attached hydrogens (tertiary/aromatic N) is 1. The molecule has 0 atom stereocenters. The van der Waals surface area contributed by atoms with Crippen molar-refractivity contribution in [1.29, 1.82) is 0 Å². The van der Waals surface area contributed by atoms with E-state index in [4.69, 9.17) is 0 Å². The Morgan fingerprint density at radius 2 is 1.76 bits per heavy atom. The summed E-state index contributed by atoms with van der Waals surface area (Å²) in [6.07, 6.45) is 1.25. The summed E-state index contributed by atoms with van der Waals surface area (Å²) in [5.74, 6) is 0.183. The number of nitrogens with one attached hydrogen (secondary N) is 1. The van der Waals surface area contributed by atoms with Crippen LogP contribution in [0.25, 0.3) is 0 Å². The van der Waals surface area contributed by atoms with Crippen LogP contribution in [0.3, 0.4) is 0 Å². The fraction of sp³-hybridized carbons (Fsp3) is 0.500. The van der Waals surface area contributed by atoms with E-state index in [1.54, 1.807) is 0 Å². The lowest BCUT2D eigenvalue weighted by Gasteiger charge is -2.12. The van der Waals surface area contributed by atoms with Crippen molar-refractivity contribution in [2.24, 2.45) is 0 Å². The number of rotatable bonds is 6. The zero-order chi connectivity index (χ0) is 12.9. The van der Waals surface area contributed by atoms with E-state index in [2.05, 4.69) is 5.32 Å². The van der Waals surface area contributed by atoms with Gasteiger partial charge in [0.05, 0.1) is 5.75 Å². The molecule has 17 heavy (non-hydrogen) atoms. The summed E-state index contributed by atoms with van der Waals surface area (Å²) in [4.78, 5) is 2.04. The molecule has 0 aliphatic heterocycles. The van der Waals surface area contributed by atoms with Gasteiger partial charge >= 0.3 is 0 Å². The second-order valence-electron chi connectivity index (χ2n) is 4.37. The Kier molecular flexibility index (Phi) is 4.96. The Hall–Kier alpha value is -1.07. The molecule has 0 unspecified atom stereocenters. The molecule has 0 heterocycles. The van der Waals surface area contributed by atoms with Gasteiger partial charge in [0.1, 0.15) is 9.84 Å². The first-order valence-electron chi connectivity index (χ1n) is 5.53. The molecule has 0 amide bonds. The highest BCUT2D eigenvalue weighted by atomic mass is 32.2. The van der Waals surface area contributed by atoms with E-state index in [1.807, 2.05) is 43.3 Å². The van der Waals surface area contributed by atoms with Gasteiger partial charge in [-0.25, -0.2) is 8.42 Å². The van der Waals surface area contributed by atoms with Crippen molar-refractivity contribution in [3.8, 4) is 0 Å². The highest BCUT2D eigenvalue weighted by molar-refractivity contribution is 7.90. The van der Waals surface area contributed by atoms with Gasteiger partial charge in [-0.15, -0.1) is 0 Å². The lowest BCUT2D eigenvalue weighted by atomic mass is 10.2. The highest BCUT2D eigenvalue weighted by Crippen LogP contribution is 2.11. The maximum atomic E-state index is 10.9. The average Bonchev–Trinajstić information content (AvgIpc) is 2.24. The molecule has 0 fully saturated rings. The van der Waals surface area contributed by atoms with E-state index in [1.165, 1.54) is 6.26 Å². The third-order valence-electron chi connectivity index (χ3n) is 2.43. The van der Waals surface area contributed by atoms with Crippen molar-refractivity contribution in [1.82, 2.24) is 5.32 Å². The molecule has 0 aromatic heterocycles. The summed E-state index contributed by atoms with van der Waals surface area (Å²) in [5.41, 5.74) is 2.31. The summed E-state index contributed by atoms with van der Waals surface area (Å²) < 4.78 is 21.8. The van der Waals surface area contributed by atoms with Crippen molar-refractivity contribution in [2.75, 3.05) is 37.5 Å². The molecule has 0 spiro atoms. The molecule has 96 valence electrons. The van der Waals surface area contributed by atoms with Gasteiger partial charge in [-0.05, 0) is 17.7 Å². The van der Waals surface area contributed by atoms with Gasteiger partial charge < -0.3 is 10.2 Å². The van der Waals surface area contributed by atoms with E-state index in [0.29, 0.717) is 13.1 Å². The van der Waals surface area contributed by atoms with Gasteiger partial charge in [-0.3, -0.25) is 0 Å². The highest BCUT2D eigenvalue weighted by Gasteiger charge is 2.01. The van der Waals surface area contributed by atoms with Crippen molar-refractivity contribution >= 4 is 15.5 Å². The zero-order valence-corrected chi connectivity index (χ0v) is 11.4. The minimum Gasteiger partial charge on any atom is -0.378 e. The number of sulfone groups is 1. The van der Waals surface area contributed by atoms with E-state index >= 15 is 0 Å². The normalized spacial score (nSPS) is 11.5. The van der Waals surface area contributed by atoms with Crippen LogP contribution in [0, 0.1) is 0 Å². The lowest BCUT2D eigenvalue weighted by molar-refractivity contribution is 0.596. The van der Waals surface area contributed by atoms with Crippen molar-refractivity contribution in [3.05, 3.63) is 29.8 Å². The van der Waals surface area contributed by atoms with Gasteiger partial charge in [-0.1, -0.05) is 12.1 Å². The van der Waals surface area contributed by atoms with Crippen molar-refractivity contribution in [3.63, 3.8) is 0 Å². The maximum Gasteiger partial charge on any atom is 0.148 e. The molecule has 5 heteroatoms. The quantitative estimate of drug-likeness (QED) is 0.768. The molecule has 4 nitrogen and oxygen atoms in total. The summed E-state index contributed by atoms with van der Waals surface area (Å²) in [7, 11) is 1.13. The van der Waals surface area contributed by atoms with Crippen LogP contribution < -0.4 is 10.2 Å². The molecule has 0 radical (unpaired) electrons. The summed E-state index contributed by atoms with van der Waals surface area (Å²) in [6, 6.07) is 8.19. The van der Waals surface area contributed by atoms with Crippen LogP contribution in [-0.4, -0.2) is 41.1 Å². The molecule has 0 aliphatic rings. The van der Waals surface area contributed by atoms with Crippen LogP contribution in [0.5, 0.6) is 0 Å². The average molecular weight is 256 g/mol. The van der Waals surface area contributed by atoms with Crippen LogP contribution in [0.1, 0.15) is 5.56 Å². The Balaban J connectivity index is 2.37. The molecular formula is C12H20N2O2S. The lowest BCUT2D eigenvalue weighted by Crippen LogP contribution is -2.21. The molecule has 0 saturated carbocycles. The Labute approximate surface area is 104 Å². The van der Waals surface area contributed by atoms with Crippen LogP contribution >= 0.6 is 0 Å². The third kappa shape index (κ3) is 5.70. The topological polar surface area (TPSA) is 49.4 Å². The predicted molar refractivity (Wildman–Crippen MR) is 72.2 cm³/mol. The Morgan fingerprint density at radius 1 is 1.18 bits per heavy atom. The van der Waals surface area contributed by atoms with Crippen LogP contribution in [0.2, 0.25) is 0 Å². The molecule has 1 N–H and O–H groups in total. The largest absolute Gasteiger partial charge is 0.378 e. The second kappa shape index (κ2) is 6.02. The Bertz CT molecular complexity index is 438. The number of benzene rings is 1. The van der Waals surface area contributed by atoms with Crippen molar-refractivity contribution in [2.45, 2.75) is 6.54 Å². The second-order valence-corrected chi connectivity index (χ2v) is 6.63. The van der Waals surface area contributed by atoms with Gasteiger partial charge in [-0.2, -0.15) is 0 Å². The standard InChI is InChI=1S/C12H20N2O2S/c1-14(2)12-6-4-11(5-7-12)10-13-8-9-17(3,15)16/h4-7,13H,8-10H2,1-3H3. The molecule has 1 aromatic rings. The first-order chi connectivity index (χ1) is 7.88. The van der Waals surface area contributed by atoms with E-state index in [9.17, 15) is 8.42 Å². The smallest absolute Gasteiger partial charge is 0.148 e. The molecular weight excluding hydrogens is 236 g/mol. The minimum absolute atomic E-state index is 0.183. The van der Waals surface area contributed by atoms with E-state index in [-0.39, 0.29) is 5.75 Å². The molecule has 0 saturated heterocycles. The Morgan fingerprint density at radius 3 is 2.24 bits per heavy atom.